The number of benzene rings is 1. The van der Waals surface area contributed by atoms with Gasteiger partial charge in [-0.05, 0) is 29.8 Å². The van der Waals surface area contributed by atoms with E-state index in [1.54, 1.807) is 9.42 Å². The Hall–Kier alpha value is -2.76. The molecule has 0 aliphatic carbocycles. The van der Waals surface area contributed by atoms with Gasteiger partial charge in [-0.3, -0.25) is 4.79 Å². The van der Waals surface area contributed by atoms with Crippen molar-refractivity contribution in [3.63, 3.8) is 0 Å². The second kappa shape index (κ2) is 4.62. The third-order valence-electron chi connectivity index (χ3n) is 4.03. The highest BCUT2D eigenvalue weighted by Crippen LogP contribution is 2.27. The summed E-state index contributed by atoms with van der Waals surface area (Å²) in [4.78, 5) is 13.7. The lowest BCUT2D eigenvalue weighted by molar-refractivity contribution is 0.0816. The summed E-state index contributed by atoms with van der Waals surface area (Å²) in [6.45, 7) is 2.68. The highest BCUT2D eigenvalue weighted by molar-refractivity contribution is 5.98. The average molecular weight is 293 g/mol. The molecular weight excluding hydrogens is 278 g/mol. The molecule has 0 N–H and O–H groups in total. The van der Waals surface area contributed by atoms with E-state index in [4.69, 9.17) is 0 Å². The zero-order valence-corrected chi connectivity index (χ0v) is 12.4. The van der Waals surface area contributed by atoms with Crippen molar-refractivity contribution in [2.24, 2.45) is 0 Å². The summed E-state index contributed by atoms with van der Waals surface area (Å²) in [5, 5.41) is 12.9. The van der Waals surface area contributed by atoms with Crippen LogP contribution >= 0.6 is 0 Å². The first kappa shape index (κ1) is 12.9. The molecule has 0 radical (unpaired) electrons. The van der Waals surface area contributed by atoms with Crippen LogP contribution in [0.2, 0.25) is 0 Å². The van der Waals surface area contributed by atoms with E-state index < -0.39 is 0 Å². The number of carbonyl (C=O) groups excluding carboxylic acids is 1. The molecular formula is C16H15N5O. The predicted molar refractivity (Wildman–Crippen MR) is 81.4 cm³/mol. The molecule has 1 aliphatic rings. The molecule has 2 aromatic heterocycles. The first-order valence-corrected chi connectivity index (χ1v) is 7.27. The maximum absolute atomic E-state index is 12.0. The second-order valence-corrected chi connectivity index (χ2v) is 5.49. The largest absolute Gasteiger partial charge is 0.337 e. The van der Waals surface area contributed by atoms with E-state index in [0.717, 1.165) is 40.3 Å². The van der Waals surface area contributed by atoms with Crippen molar-refractivity contribution in [2.75, 3.05) is 7.05 Å². The molecule has 0 spiro atoms. The Morgan fingerprint density at radius 1 is 1.18 bits per heavy atom. The van der Waals surface area contributed by atoms with Gasteiger partial charge in [0.25, 0.3) is 5.91 Å². The SMILES string of the molecule is CCc1nnc2ccc(-c3ccc4c(c3)CN(C)C4=O)nn12. The molecule has 0 bridgehead atoms. The minimum Gasteiger partial charge on any atom is -0.337 e. The van der Waals surface area contributed by atoms with Gasteiger partial charge >= 0.3 is 0 Å². The topological polar surface area (TPSA) is 63.4 Å². The Labute approximate surface area is 127 Å². The zero-order chi connectivity index (χ0) is 15.3. The van der Waals surface area contributed by atoms with Crippen molar-refractivity contribution >= 4 is 11.6 Å². The van der Waals surface area contributed by atoms with Gasteiger partial charge in [0.05, 0.1) is 5.69 Å². The van der Waals surface area contributed by atoms with Crippen LogP contribution in [0.3, 0.4) is 0 Å². The molecule has 0 saturated carbocycles. The third-order valence-corrected chi connectivity index (χ3v) is 4.03. The maximum atomic E-state index is 12.0. The first-order valence-electron chi connectivity index (χ1n) is 7.27. The van der Waals surface area contributed by atoms with E-state index in [1.165, 1.54) is 0 Å². The van der Waals surface area contributed by atoms with E-state index >= 15 is 0 Å². The fourth-order valence-electron chi connectivity index (χ4n) is 2.83. The minimum atomic E-state index is 0.0806. The summed E-state index contributed by atoms with van der Waals surface area (Å²) in [5.41, 5.74) is 4.43. The van der Waals surface area contributed by atoms with Crippen LogP contribution in [0.5, 0.6) is 0 Å². The van der Waals surface area contributed by atoms with Gasteiger partial charge in [0.1, 0.15) is 0 Å². The highest BCUT2D eigenvalue weighted by Gasteiger charge is 2.24. The summed E-state index contributed by atoms with van der Waals surface area (Å²) in [7, 11) is 1.82. The van der Waals surface area contributed by atoms with Crippen molar-refractivity contribution in [2.45, 2.75) is 19.9 Å². The van der Waals surface area contributed by atoms with Crippen LogP contribution < -0.4 is 0 Å². The van der Waals surface area contributed by atoms with E-state index in [2.05, 4.69) is 15.3 Å². The summed E-state index contributed by atoms with van der Waals surface area (Å²) in [6, 6.07) is 9.72. The molecule has 1 aromatic carbocycles. The van der Waals surface area contributed by atoms with Crippen molar-refractivity contribution in [1.29, 1.82) is 0 Å². The second-order valence-electron chi connectivity index (χ2n) is 5.49. The lowest BCUT2D eigenvalue weighted by Crippen LogP contribution is -2.17. The molecule has 4 rings (SSSR count). The number of fused-ring (bicyclic) bond motifs is 2. The van der Waals surface area contributed by atoms with Crippen LogP contribution in [0.4, 0.5) is 0 Å². The van der Waals surface area contributed by atoms with Crippen molar-refractivity contribution in [1.82, 2.24) is 24.7 Å². The van der Waals surface area contributed by atoms with Crippen LogP contribution in [-0.4, -0.2) is 37.7 Å². The van der Waals surface area contributed by atoms with Crippen molar-refractivity contribution in [3.8, 4) is 11.3 Å². The Kier molecular flexibility index (Phi) is 2.72. The average Bonchev–Trinajstić information content (AvgIpc) is 3.07. The van der Waals surface area contributed by atoms with Gasteiger partial charge in [0.15, 0.2) is 11.5 Å². The zero-order valence-electron chi connectivity index (χ0n) is 12.4. The molecule has 3 aromatic rings. The van der Waals surface area contributed by atoms with Crippen LogP contribution in [0.25, 0.3) is 16.9 Å². The monoisotopic (exact) mass is 293 g/mol. The number of hydrogen-bond donors (Lipinski definition) is 0. The molecule has 3 heterocycles. The standard InChI is InChI=1S/C16H15N5O/c1-3-14-17-18-15-7-6-13(19-21(14)15)10-4-5-12-11(8-10)9-20(2)16(12)22/h4-8H,3,9H2,1-2H3. The van der Waals surface area contributed by atoms with Crippen LogP contribution in [0.15, 0.2) is 30.3 Å². The Bertz CT molecular complexity index is 899. The lowest BCUT2D eigenvalue weighted by Gasteiger charge is -2.05. The molecule has 1 amide bonds. The Morgan fingerprint density at radius 3 is 2.86 bits per heavy atom. The molecule has 1 aliphatic heterocycles. The van der Waals surface area contributed by atoms with Gasteiger partial charge < -0.3 is 4.90 Å². The Morgan fingerprint density at radius 2 is 2.05 bits per heavy atom. The third kappa shape index (κ3) is 1.80. The van der Waals surface area contributed by atoms with Crippen molar-refractivity contribution < 1.29 is 4.79 Å². The fourth-order valence-corrected chi connectivity index (χ4v) is 2.83. The molecule has 0 unspecified atom stereocenters. The van der Waals surface area contributed by atoms with E-state index in [1.807, 2.05) is 44.3 Å². The van der Waals surface area contributed by atoms with Crippen LogP contribution in [0.1, 0.15) is 28.7 Å². The first-order chi connectivity index (χ1) is 10.7. The van der Waals surface area contributed by atoms with E-state index in [-0.39, 0.29) is 5.91 Å². The highest BCUT2D eigenvalue weighted by atomic mass is 16.2. The van der Waals surface area contributed by atoms with Crippen molar-refractivity contribution in [3.05, 3.63) is 47.3 Å². The fraction of sp³-hybridized carbons (Fsp3) is 0.250. The smallest absolute Gasteiger partial charge is 0.254 e. The lowest BCUT2D eigenvalue weighted by atomic mass is 10.0. The van der Waals surface area contributed by atoms with Crippen LogP contribution in [0, 0.1) is 0 Å². The number of aryl methyl sites for hydroxylation is 1. The van der Waals surface area contributed by atoms with Gasteiger partial charge in [0, 0.05) is 31.1 Å². The van der Waals surface area contributed by atoms with Gasteiger partial charge in [-0.1, -0.05) is 13.0 Å². The number of carbonyl (C=O) groups is 1. The molecule has 0 saturated heterocycles. The quantitative estimate of drug-likeness (QED) is 0.724. The van der Waals surface area contributed by atoms with Gasteiger partial charge in [-0.25, -0.2) is 0 Å². The molecule has 22 heavy (non-hydrogen) atoms. The summed E-state index contributed by atoms with van der Waals surface area (Å²) < 4.78 is 1.78. The Balaban J connectivity index is 1.82. The molecule has 6 nitrogen and oxygen atoms in total. The van der Waals surface area contributed by atoms with Gasteiger partial charge in [0.2, 0.25) is 0 Å². The number of amides is 1. The van der Waals surface area contributed by atoms with E-state index in [0.29, 0.717) is 6.54 Å². The summed E-state index contributed by atoms with van der Waals surface area (Å²) in [5.74, 6) is 0.921. The maximum Gasteiger partial charge on any atom is 0.254 e. The predicted octanol–water partition coefficient (Wildman–Crippen LogP) is 1.94. The number of rotatable bonds is 2. The number of aromatic nitrogens is 4. The number of nitrogens with zero attached hydrogens (tertiary/aromatic N) is 5. The normalized spacial score (nSPS) is 13.9. The van der Waals surface area contributed by atoms with E-state index in [9.17, 15) is 4.79 Å². The molecule has 0 atom stereocenters. The van der Waals surface area contributed by atoms with Gasteiger partial charge in [-0.2, -0.15) is 9.61 Å². The van der Waals surface area contributed by atoms with Gasteiger partial charge in [-0.15, -0.1) is 10.2 Å². The summed E-state index contributed by atoms with van der Waals surface area (Å²) in [6.07, 6.45) is 0.779. The van der Waals surface area contributed by atoms with Crippen LogP contribution in [-0.2, 0) is 13.0 Å². The summed E-state index contributed by atoms with van der Waals surface area (Å²) >= 11 is 0. The molecule has 6 heteroatoms. The minimum absolute atomic E-state index is 0.0806. The molecule has 110 valence electrons. The molecule has 0 fully saturated rings. The number of hydrogen-bond acceptors (Lipinski definition) is 4.